The first kappa shape index (κ1) is 17.3. The van der Waals surface area contributed by atoms with Gasteiger partial charge in [0.2, 0.25) is 5.91 Å². The Bertz CT molecular complexity index is 902. The van der Waals surface area contributed by atoms with Crippen LogP contribution in [0.2, 0.25) is 0 Å². The van der Waals surface area contributed by atoms with Crippen LogP contribution in [-0.2, 0) is 4.79 Å². The summed E-state index contributed by atoms with van der Waals surface area (Å²) in [5.74, 6) is -1.49. The fourth-order valence-electron chi connectivity index (χ4n) is 3.80. The van der Waals surface area contributed by atoms with Gasteiger partial charge in [-0.1, -0.05) is 25.3 Å². The fourth-order valence-corrected chi connectivity index (χ4v) is 4.91. The molecule has 1 aromatic heterocycles. The molecule has 1 aliphatic heterocycles. The van der Waals surface area contributed by atoms with Crippen molar-refractivity contribution in [2.24, 2.45) is 0 Å². The van der Waals surface area contributed by atoms with Gasteiger partial charge in [-0.3, -0.25) is 19.4 Å². The van der Waals surface area contributed by atoms with E-state index >= 15 is 0 Å². The summed E-state index contributed by atoms with van der Waals surface area (Å²) >= 11 is 1.24. The number of hydrogen-bond donors (Lipinski definition) is 2. The SMILES string of the molecule is O=C1CS[C@H](c2ccc(F)c(F)c2)c2c(n(C3CCCCC3)[nH]c2=O)N1. The van der Waals surface area contributed by atoms with E-state index in [1.807, 2.05) is 0 Å². The van der Waals surface area contributed by atoms with Crippen molar-refractivity contribution in [2.45, 2.75) is 43.4 Å². The number of halogens is 2. The Kier molecular flexibility index (Phi) is 4.60. The van der Waals surface area contributed by atoms with Crippen molar-refractivity contribution in [1.82, 2.24) is 9.78 Å². The summed E-state index contributed by atoms with van der Waals surface area (Å²) in [6.45, 7) is 0. The number of nitrogens with one attached hydrogen (secondary N) is 2. The number of fused-ring (bicyclic) bond motifs is 1. The van der Waals surface area contributed by atoms with Crippen molar-refractivity contribution < 1.29 is 13.6 Å². The van der Waals surface area contributed by atoms with Crippen molar-refractivity contribution in [1.29, 1.82) is 0 Å². The van der Waals surface area contributed by atoms with Crippen LogP contribution in [0, 0.1) is 11.6 Å². The summed E-state index contributed by atoms with van der Waals surface area (Å²) in [5, 5.41) is 5.17. The van der Waals surface area contributed by atoms with Crippen LogP contribution in [0.15, 0.2) is 23.0 Å². The second-order valence-corrected chi connectivity index (χ2v) is 7.87. The monoisotopic (exact) mass is 379 g/mol. The zero-order valence-electron chi connectivity index (χ0n) is 14.1. The minimum atomic E-state index is -0.962. The number of aromatic amines is 1. The molecule has 0 saturated heterocycles. The van der Waals surface area contributed by atoms with Crippen LogP contribution < -0.4 is 10.9 Å². The summed E-state index contributed by atoms with van der Waals surface area (Å²) in [7, 11) is 0. The highest BCUT2D eigenvalue weighted by Gasteiger charge is 2.32. The first-order valence-electron chi connectivity index (χ1n) is 8.75. The minimum absolute atomic E-state index is 0.134. The highest BCUT2D eigenvalue weighted by Crippen LogP contribution is 2.41. The Morgan fingerprint density at radius 3 is 2.58 bits per heavy atom. The smallest absolute Gasteiger partial charge is 0.270 e. The van der Waals surface area contributed by atoms with E-state index in [4.69, 9.17) is 0 Å². The van der Waals surface area contributed by atoms with Crippen LogP contribution in [0.3, 0.4) is 0 Å². The summed E-state index contributed by atoms with van der Waals surface area (Å²) in [5.41, 5.74) is 0.575. The average Bonchev–Trinajstić information content (AvgIpc) is 2.84. The van der Waals surface area contributed by atoms with Gasteiger partial charge in [-0.25, -0.2) is 8.78 Å². The standard InChI is InChI=1S/C18H19F2N3O2S/c19-12-7-6-10(8-13(12)20)16-15-17(21-14(24)9-26-16)23(22-18(15)25)11-4-2-1-3-5-11/h6-8,11,16H,1-5,9H2,(H,21,24)(H,22,25)/t16-/m1/s1. The lowest BCUT2D eigenvalue weighted by molar-refractivity contribution is -0.113. The number of H-pyrrole nitrogens is 1. The maximum absolute atomic E-state index is 13.7. The third-order valence-electron chi connectivity index (χ3n) is 5.05. The van der Waals surface area contributed by atoms with Crippen molar-refractivity contribution in [3.63, 3.8) is 0 Å². The quantitative estimate of drug-likeness (QED) is 0.835. The van der Waals surface area contributed by atoms with Crippen LogP contribution in [0.5, 0.6) is 0 Å². The number of amides is 1. The Hall–Kier alpha value is -2.09. The number of nitrogens with zero attached hydrogens (tertiary/aromatic N) is 1. The molecular formula is C18H19F2N3O2S. The molecular weight excluding hydrogens is 360 g/mol. The third kappa shape index (κ3) is 3.06. The zero-order chi connectivity index (χ0) is 18.3. The van der Waals surface area contributed by atoms with Gasteiger partial charge in [-0.2, -0.15) is 0 Å². The van der Waals surface area contributed by atoms with E-state index in [0.29, 0.717) is 16.9 Å². The normalized spacial score (nSPS) is 21.2. The van der Waals surface area contributed by atoms with Gasteiger partial charge in [0, 0.05) is 0 Å². The third-order valence-corrected chi connectivity index (χ3v) is 6.32. The average molecular weight is 379 g/mol. The molecule has 1 aromatic carbocycles. The van der Waals surface area contributed by atoms with Gasteiger partial charge in [-0.05, 0) is 30.5 Å². The molecule has 2 aromatic rings. The van der Waals surface area contributed by atoms with Crippen LogP contribution in [0.1, 0.15) is 54.5 Å². The van der Waals surface area contributed by atoms with Crippen LogP contribution in [-0.4, -0.2) is 21.4 Å². The van der Waals surface area contributed by atoms with Gasteiger partial charge in [-0.15, -0.1) is 11.8 Å². The molecule has 1 saturated carbocycles. The second kappa shape index (κ2) is 6.90. The van der Waals surface area contributed by atoms with Crippen molar-refractivity contribution >= 4 is 23.5 Å². The maximum atomic E-state index is 13.7. The lowest BCUT2D eigenvalue weighted by Gasteiger charge is -2.24. The first-order valence-corrected chi connectivity index (χ1v) is 9.80. The Morgan fingerprint density at radius 1 is 1.08 bits per heavy atom. The van der Waals surface area contributed by atoms with Gasteiger partial charge in [0.1, 0.15) is 5.82 Å². The molecule has 1 aliphatic carbocycles. The van der Waals surface area contributed by atoms with Crippen LogP contribution >= 0.6 is 11.8 Å². The Balaban J connectivity index is 1.82. The molecule has 4 rings (SSSR count). The van der Waals surface area contributed by atoms with Gasteiger partial charge in [0.05, 0.1) is 22.6 Å². The number of carbonyl (C=O) groups is 1. The molecule has 2 aliphatic rings. The van der Waals surface area contributed by atoms with Crippen molar-refractivity contribution in [3.05, 3.63) is 51.3 Å². The predicted octanol–water partition coefficient (Wildman–Crippen LogP) is 3.73. The van der Waals surface area contributed by atoms with E-state index < -0.39 is 16.9 Å². The number of anilines is 1. The minimum Gasteiger partial charge on any atom is -0.310 e. The summed E-state index contributed by atoms with van der Waals surface area (Å²) in [6, 6.07) is 3.75. The number of carbonyl (C=O) groups excluding carboxylic acids is 1. The molecule has 0 unspecified atom stereocenters. The fraction of sp³-hybridized carbons (Fsp3) is 0.444. The van der Waals surface area contributed by atoms with Gasteiger partial charge in [0.15, 0.2) is 11.6 Å². The molecule has 1 fully saturated rings. The van der Waals surface area contributed by atoms with E-state index in [1.165, 1.54) is 24.2 Å². The molecule has 2 N–H and O–H groups in total. The molecule has 1 atom stereocenters. The van der Waals surface area contributed by atoms with Crippen molar-refractivity contribution in [2.75, 3.05) is 11.1 Å². The lowest BCUT2D eigenvalue weighted by Crippen LogP contribution is -2.21. The number of aromatic nitrogens is 2. The van der Waals surface area contributed by atoms with E-state index in [2.05, 4.69) is 10.4 Å². The lowest BCUT2D eigenvalue weighted by atomic mass is 9.95. The van der Waals surface area contributed by atoms with Crippen LogP contribution in [0.25, 0.3) is 0 Å². The molecule has 0 bridgehead atoms. The molecule has 0 radical (unpaired) electrons. The summed E-state index contributed by atoms with van der Waals surface area (Å²) in [4.78, 5) is 24.9. The number of thioether (sulfide) groups is 1. The van der Waals surface area contributed by atoms with E-state index in [9.17, 15) is 18.4 Å². The Labute approximate surface area is 153 Å². The van der Waals surface area contributed by atoms with Gasteiger partial charge < -0.3 is 5.32 Å². The first-order chi connectivity index (χ1) is 12.5. The number of hydrogen-bond acceptors (Lipinski definition) is 3. The maximum Gasteiger partial charge on any atom is 0.270 e. The van der Waals surface area contributed by atoms with Crippen molar-refractivity contribution in [3.8, 4) is 0 Å². The highest BCUT2D eigenvalue weighted by molar-refractivity contribution is 8.00. The van der Waals surface area contributed by atoms with Gasteiger partial charge >= 0.3 is 0 Å². The van der Waals surface area contributed by atoms with E-state index in [0.717, 1.165) is 37.8 Å². The molecule has 26 heavy (non-hydrogen) atoms. The number of rotatable bonds is 2. The largest absolute Gasteiger partial charge is 0.310 e. The predicted molar refractivity (Wildman–Crippen MR) is 96.5 cm³/mol. The second-order valence-electron chi connectivity index (χ2n) is 6.78. The highest BCUT2D eigenvalue weighted by atomic mass is 32.2. The molecule has 2 heterocycles. The summed E-state index contributed by atoms with van der Waals surface area (Å²) < 4.78 is 28.8. The van der Waals surface area contributed by atoms with E-state index in [-0.39, 0.29) is 23.3 Å². The molecule has 5 nitrogen and oxygen atoms in total. The number of benzene rings is 1. The molecule has 1 amide bonds. The topological polar surface area (TPSA) is 66.9 Å². The summed E-state index contributed by atoms with van der Waals surface area (Å²) in [6.07, 6.45) is 5.21. The van der Waals surface area contributed by atoms with Crippen LogP contribution in [0.4, 0.5) is 14.6 Å². The van der Waals surface area contributed by atoms with E-state index in [1.54, 1.807) is 4.68 Å². The molecule has 138 valence electrons. The van der Waals surface area contributed by atoms with Gasteiger partial charge in [0.25, 0.3) is 5.56 Å². The zero-order valence-corrected chi connectivity index (χ0v) is 14.9. The molecule has 8 heteroatoms. The Morgan fingerprint density at radius 2 is 1.85 bits per heavy atom. The molecule has 0 spiro atoms.